The fourth-order valence-electron chi connectivity index (χ4n) is 5.15. The van der Waals surface area contributed by atoms with Crippen LogP contribution in [0.2, 0.25) is 0 Å². The van der Waals surface area contributed by atoms with Crippen LogP contribution >= 0.6 is 0 Å². The fourth-order valence-corrected chi connectivity index (χ4v) is 5.15. The second-order valence-corrected chi connectivity index (χ2v) is 8.13. The third-order valence-corrected chi connectivity index (χ3v) is 6.96. The van der Waals surface area contributed by atoms with Crippen LogP contribution in [0.3, 0.4) is 0 Å². The van der Waals surface area contributed by atoms with Crippen molar-refractivity contribution in [3.63, 3.8) is 0 Å². The average molecular weight is 344 g/mol. The molecule has 0 bridgehead atoms. The number of ether oxygens (including phenoxy) is 1. The van der Waals surface area contributed by atoms with Crippen molar-refractivity contribution in [2.75, 3.05) is 7.11 Å². The number of aliphatic hydroxyl groups excluding tert-OH is 1. The van der Waals surface area contributed by atoms with E-state index in [0.717, 1.165) is 19.3 Å². The van der Waals surface area contributed by atoms with Gasteiger partial charge in [-0.2, -0.15) is 0 Å². The zero-order valence-electron chi connectivity index (χ0n) is 15.6. The lowest BCUT2D eigenvalue weighted by molar-refractivity contribution is -0.120. The molecule has 1 N–H and O–H groups in total. The molecule has 4 heteroatoms. The van der Waals surface area contributed by atoms with Crippen molar-refractivity contribution in [1.29, 1.82) is 0 Å². The van der Waals surface area contributed by atoms with Gasteiger partial charge in [-0.1, -0.05) is 25.5 Å². The number of rotatable bonds is 3. The lowest BCUT2D eigenvalue weighted by Gasteiger charge is -2.52. The molecule has 0 aromatic rings. The summed E-state index contributed by atoms with van der Waals surface area (Å²) in [6, 6.07) is 0. The van der Waals surface area contributed by atoms with E-state index in [2.05, 4.69) is 26.8 Å². The van der Waals surface area contributed by atoms with E-state index in [1.54, 1.807) is 0 Å². The van der Waals surface area contributed by atoms with Gasteiger partial charge in [0.25, 0.3) is 5.78 Å². The van der Waals surface area contributed by atoms with E-state index in [-0.39, 0.29) is 22.5 Å². The van der Waals surface area contributed by atoms with Gasteiger partial charge in [-0.05, 0) is 62.2 Å². The van der Waals surface area contributed by atoms with Crippen LogP contribution in [0.15, 0.2) is 34.8 Å². The molecule has 0 amide bonds. The summed E-state index contributed by atoms with van der Waals surface area (Å²) in [5.41, 5.74) is 1.61. The third kappa shape index (κ3) is 2.86. The van der Waals surface area contributed by atoms with Gasteiger partial charge in [0, 0.05) is 11.6 Å². The first-order valence-electron chi connectivity index (χ1n) is 9.23. The Bertz CT molecular complexity index is 697. The summed E-state index contributed by atoms with van der Waals surface area (Å²) in [7, 11) is 1.33. The quantitative estimate of drug-likeness (QED) is 0.613. The Morgan fingerprint density at radius 2 is 2.00 bits per heavy atom. The molecule has 3 aliphatic carbocycles. The molecule has 3 aliphatic rings. The van der Waals surface area contributed by atoms with Crippen LogP contribution in [-0.2, 0) is 14.3 Å². The van der Waals surface area contributed by atoms with E-state index in [1.165, 1.54) is 25.2 Å². The van der Waals surface area contributed by atoms with Crippen molar-refractivity contribution < 1.29 is 19.4 Å². The van der Waals surface area contributed by atoms with Crippen LogP contribution in [-0.4, -0.2) is 23.8 Å². The number of fused-ring (bicyclic) bond motifs is 1. The van der Waals surface area contributed by atoms with Gasteiger partial charge in [0.1, 0.15) is 0 Å². The maximum Gasteiger partial charge on any atom is 0.262 e. The van der Waals surface area contributed by atoms with E-state index in [1.807, 2.05) is 0 Å². The smallest absolute Gasteiger partial charge is 0.262 e. The Balaban J connectivity index is 1.95. The summed E-state index contributed by atoms with van der Waals surface area (Å²) in [5, 5.41) is 10.4. The average Bonchev–Trinajstić information content (AvgIpc) is 2.59. The van der Waals surface area contributed by atoms with Crippen LogP contribution in [0.5, 0.6) is 0 Å². The van der Waals surface area contributed by atoms with E-state index in [4.69, 9.17) is 4.74 Å². The fraction of sp³-hybridized carbons (Fsp3) is 0.619. The molecule has 0 saturated heterocycles. The summed E-state index contributed by atoms with van der Waals surface area (Å²) >= 11 is 0. The highest BCUT2D eigenvalue weighted by Gasteiger charge is 2.49. The Hall–Kier alpha value is -1.84. The largest absolute Gasteiger partial charge is 0.504 e. The summed E-state index contributed by atoms with van der Waals surface area (Å²) < 4.78 is 4.92. The van der Waals surface area contributed by atoms with E-state index >= 15 is 0 Å². The topological polar surface area (TPSA) is 63.6 Å². The number of methoxy groups -OCH3 is 1. The first-order valence-corrected chi connectivity index (χ1v) is 9.23. The van der Waals surface area contributed by atoms with Crippen LogP contribution in [0, 0.1) is 23.2 Å². The number of carbonyl (C=O) groups is 2. The molecular weight excluding hydrogens is 316 g/mol. The van der Waals surface area contributed by atoms with Crippen LogP contribution in [0.25, 0.3) is 0 Å². The van der Waals surface area contributed by atoms with E-state index in [9.17, 15) is 14.7 Å². The molecule has 1 fully saturated rings. The van der Waals surface area contributed by atoms with Crippen LogP contribution in [0.4, 0.5) is 0 Å². The number of Topliss-reactive ketones (excluding diaryl/α,β-unsaturated/α-hetero) is 1. The standard InChI is InChI=1S/C21H28O4/c1-12-6-5-7-16-14(12)9-8-13(2)21(16,3)11-15-17(22)10-18(25-4)20(24)19(15)23/h6,10,13-14,16,23H,5,7-9,11H2,1-4H3. The molecule has 0 spiro atoms. The van der Waals surface area contributed by atoms with Crippen LogP contribution < -0.4 is 0 Å². The molecule has 1 saturated carbocycles. The van der Waals surface area contributed by atoms with Crippen molar-refractivity contribution in [3.05, 3.63) is 34.8 Å². The minimum atomic E-state index is -0.583. The zero-order chi connectivity index (χ0) is 18.4. The lowest BCUT2D eigenvalue weighted by atomic mass is 9.52. The Morgan fingerprint density at radius 3 is 2.68 bits per heavy atom. The monoisotopic (exact) mass is 344 g/mol. The highest BCUT2D eigenvalue weighted by molar-refractivity contribution is 6.20. The lowest BCUT2D eigenvalue weighted by Crippen LogP contribution is -2.45. The molecule has 3 rings (SSSR count). The molecule has 25 heavy (non-hydrogen) atoms. The molecule has 0 aliphatic heterocycles. The predicted octanol–water partition coefficient (Wildman–Crippen LogP) is 4.28. The van der Waals surface area contributed by atoms with E-state index in [0.29, 0.717) is 24.2 Å². The molecule has 4 unspecified atom stereocenters. The second-order valence-electron chi connectivity index (χ2n) is 8.13. The third-order valence-electron chi connectivity index (χ3n) is 6.96. The summed E-state index contributed by atoms with van der Waals surface area (Å²) in [6.07, 6.45) is 8.49. The van der Waals surface area contributed by atoms with Gasteiger partial charge in [0.05, 0.1) is 7.11 Å². The molecule has 136 valence electrons. The minimum absolute atomic E-state index is 0.0811. The highest BCUT2D eigenvalue weighted by Crippen LogP contribution is 2.56. The van der Waals surface area contributed by atoms with Gasteiger partial charge >= 0.3 is 0 Å². The minimum Gasteiger partial charge on any atom is -0.504 e. The maximum atomic E-state index is 12.5. The first-order chi connectivity index (χ1) is 11.8. The second kappa shape index (κ2) is 6.47. The Labute approximate surface area is 149 Å². The summed E-state index contributed by atoms with van der Waals surface area (Å²) in [5.74, 6) is 0.0865. The predicted molar refractivity (Wildman–Crippen MR) is 95.9 cm³/mol. The molecule has 0 aromatic carbocycles. The maximum absolute atomic E-state index is 12.5. The molecule has 4 atom stereocenters. The van der Waals surface area contributed by atoms with Crippen molar-refractivity contribution in [1.82, 2.24) is 0 Å². The van der Waals surface area contributed by atoms with Gasteiger partial charge in [0.2, 0.25) is 0 Å². The van der Waals surface area contributed by atoms with Crippen molar-refractivity contribution in [2.24, 2.45) is 23.2 Å². The number of hydrogen-bond acceptors (Lipinski definition) is 4. The van der Waals surface area contributed by atoms with Gasteiger partial charge in [-0.3, -0.25) is 9.59 Å². The Morgan fingerprint density at radius 1 is 1.28 bits per heavy atom. The summed E-state index contributed by atoms with van der Waals surface area (Å²) in [4.78, 5) is 24.7. The number of aliphatic hydroxyl groups is 1. The summed E-state index contributed by atoms with van der Waals surface area (Å²) in [6.45, 7) is 6.70. The number of carbonyl (C=O) groups excluding carboxylic acids is 2. The van der Waals surface area contributed by atoms with Gasteiger partial charge in [-0.25, -0.2) is 0 Å². The van der Waals surface area contributed by atoms with Crippen molar-refractivity contribution in [3.8, 4) is 0 Å². The first kappa shape index (κ1) is 18.0. The number of allylic oxidation sites excluding steroid dienone is 4. The Kier molecular flexibility index (Phi) is 4.65. The number of ketones is 2. The van der Waals surface area contributed by atoms with Crippen molar-refractivity contribution in [2.45, 2.75) is 52.9 Å². The SMILES string of the molecule is COC1=CC(=O)C(CC2(C)C(C)CCC3C(C)=CCCC32)=C(O)C1=O. The molecular formula is C21H28O4. The zero-order valence-corrected chi connectivity index (χ0v) is 15.6. The van der Waals surface area contributed by atoms with Gasteiger partial charge in [-0.15, -0.1) is 0 Å². The van der Waals surface area contributed by atoms with E-state index < -0.39 is 11.5 Å². The molecule has 0 aromatic heterocycles. The van der Waals surface area contributed by atoms with Crippen molar-refractivity contribution >= 4 is 11.6 Å². The molecule has 0 heterocycles. The van der Waals surface area contributed by atoms with Crippen LogP contribution in [0.1, 0.15) is 52.9 Å². The highest BCUT2D eigenvalue weighted by atomic mass is 16.5. The normalized spacial score (nSPS) is 35.9. The molecule has 0 radical (unpaired) electrons. The molecule has 4 nitrogen and oxygen atoms in total. The van der Waals surface area contributed by atoms with Gasteiger partial charge in [0.15, 0.2) is 17.3 Å². The number of hydrogen-bond donors (Lipinski definition) is 1. The van der Waals surface area contributed by atoms with Gasteiger partial charge < -0.3 is 9.84 Å².